The first kappa shape index (κ1) is 8.49. The van der Waals surface area contributed by atoms with Crippen LogP contribution in [0, 0.1) is 6.92 Å². The molecule has 1 aromatic carbocycles. The Balaban J connectivity index is 2.07. The van der Waals surface area contributed by atoms with E-state index in [2.05, 4.69) is 31.2 Å². The van der Waals surface area contributed by atoms with Crippen molar-refractivity contribution in [3.8, 4) is 0 Å². The molecule has 0 aromatic heterocycles. The lowest BCUT2D eigenvalue weighted by Crippen LogP contribution is -2.37. The van der Waals surface area contributed by atoms with E-state index in [9.17, 15) is 0 Å². The van der Waals surface area contributed by atoms with Crippen molar-refractivity contribution in [2.75, 3.05) is 0 Å². The van der Waals surface area contributed by atoms with Crippen LogP contribution in [0.5, 0.6) is 0 Å². The average Bonchev–Trinajstić information content (AvgIpc) is 3.01. The van der Waals surface area contributed by atoms with E-state index in [1.807, 2.05) is 0 Å². The first-order valence-electron chi connectivity index (χ1n) is 5.53. The lowest BCUT2D eigenvalue weighted by Gasteiger charge is -2.25. The molecule has 1 nitrogen and oxygen atoms in total. The Morgan fingerprint density at radius 1 is 1.07 bits per heavy atom. The van der Waals surface area contributed by atoms with Crippen LogP contribution in [0.1, 0.15) is 36.8 Å². The van der Waals surface area contributed by atoms with Gasteiger partial charge in [0.15, 0.2) is 0 Å². The van der Waals surface area contributed by atoms with Gasteiger partial charge in [-0.1, -0.05) is 24.3 Å². The summed E-state index contributed by atoms with van der Waals surface area (Å²) in [5.74, 6) is 0. The lowest BCUT2D eigenvalue weighted by molar-refractivity contribution is 0.501. The summed E-state index contributed by atoms with van der Waals surface area (Å²) in [7, 11) is 0. The highest BCUT2D eigenvalue weighted by Gasteiger charge is 2.64. The number of benzene rings is 1. The van der Waals surface area contributed by atoms with Gasteiger partial charge in [0.2, 0.25) is 0 Å². The van der Waals surface area contributed by atoms with E-state index < -0.39 is 0 Å². The highest BCUT2D eigenvalue weighted by Crippen LogP contribution is 2.64. The zero-order valence-corrected chi connectivity index (χ0v) is 8.72. The molecule has 0 unspecified atom stereocenters. The topological polar surface area (TPSA) is 26.0 Å². The van der Waals surface area contributed by atoms with Crippen LogP contribution in [0.2, 0.25) is 0 Å². The fourth-order valence-corrected chi connectivity index (χ4v) is 2.88. The predicted molar refractivity (Wildman–Crippen MR) is 58.2 cm³/mol. The van der Waals surface area contributed by atoms with E-state index in [0.29, 0.717) is 5.41 Å². The van der Waals surface area contributed by atoms with E-state index in [0.717, 1.165) is 0 Å². The molecular weight excluding hydrogens is 170 g/mol. The summed E-state index contributed by atoms with van der Waals surface area (Å²) in [6.45, 7) is 2.21. The van der Waals surface area contributed by atoms with Crippen molar-refractivity contribution in [2.24, 2.45) is 5.73 Å². The fraction of sp³-hybridized carbons (Fsp3) is 0.538. The molecule has 1 aromatic rings. The minimum absolute atomic E-state index is 0.152. The molecule has 1 heteroatoms. The van der Waals surface area contributed by atoms with Gasteiger partial charge in [0.1, 0.15) is 0 Å². The van der Waals surface area contributed by atoms with Crippen molar-refractivity contribution in [1.82, 2.24) is 0 Å². The van der Waals surface area contributed by atoms with Gasteiger partial charge in [0.05, 0.1) is 0 Å². The van der Waals surface area contributed by atoms with Gasteiger partial charge in [-0.25, -0.2) is 0 Å². The maximum absolute atomic E-state index is 6.39. The Bertz CT molecular complexity index is 373. The molecule has 2 saturated carbocycles. The molecule has 2 N–H and O–H groups in total. The van der Waals surface area contributed by atoms with E-state index in [4.69, 9.17) is 5.73 Å². The van der Waals surface area contributed by atoms with Crippen molar-refractivity contribution >= 4 is 0 Å². The van der Waals surface area contributed by atoms with Crippen molar-refractivity contribution in [3.05, 3.63) is 35.4 Å². The van der Waals surface area contributed by atoms with E-state index >= 15 is 0 Å². The molecule has 14 heavy (non-hydrogen) atoms. The number of rotatable bonds is 2. The Morgan fingerprint density at radius 3 is 2.21 bits per heavy atom. The van der Waals surface area contributed by atoms with Gasteiger partial charge in [-0.15, -0.1) is 0 Å². The number of hydrogen-bond donors (Lipinski definition) is 1. The zero-order valence-electron chi connectivity index (χ0n) is 8.72. The summed E-state index contributed by atoms with van der Waals surface area (Å²) in [5, 5.41) is 0. The summed E-state index contributed by atoms with van der Waals surface area (Å²) in [4.78, 5) is 0. The maximum Gasteiger partial charge on any atom is 0.0253 e. The second-order valence-corrected chi connectivity index (χ2v) is 5.05. The molecule has 0 heterocycles. The van der Waals surface area contributed by atoms with Gasteiger partial charge >= 0.3 is 0 Å². The Kier molecular flexibility index (Phi) is 1.46. The SMILES string of the molecule is Cc1ccccc1C1(C2(N)CC2)CC1. The van der Waals surface area contributed by atoms with Gasteiger partial charge in [-0.2, -0.15) is 0 Å². The summed E-state index contributed by atoms with van der Waals surface area (Å²) in [5.41, 5.74) is 9.83. The third-order valence-corrected chi connectivity index (χ3v) is 4.15. The minimum atomic E-state index is 0.152. The fourth-order valence-electron chi connectivity index (χ4n) is 2.88. The van der Waals surface area contributed by atoms with Crippen LogP contribution in [0.3, 0.4) is 0 Å². The van der Waals surface area contributed by atoms with Gasteiger partial charge in [0.25, 0.3) is 0 Å². The van der Waals surface area contributed by atoms with Crippen molar-refractivity contribution < 1.29 is 0 Å². The molecule has 2 aliphatic carbocycles. The molecule has 0 atom stereocenters. The molecular formula is C13H17N. The first-order chi connectivity index (χ1) is 6.68. The smallest absolute Gasteiger partial charge is 0.0253 e. The zero-order chi connectivity index (χ0) is 9.81. The summed E-state index contributed by atoms with van der Waals surface area (Å²) in [6, 6.07) is 8.75. The Labute approximate surface area is 85.3 Å². The average molecular weight is 187 g/mol. The van der Waals surface area contributed by atoms with Crippen LogP contribution in [0.15, 0.2) is 24.3 Å². The van der Waals surface area contributed by atoms with Crippen LogP contribution < -0.4 is 5.73 Å². The van der Waals surface area contributed by atoms with Crippen LogP contribution in [0.4, 0.5) is 0 Å². The molecule has 0 amide bonds. The molecule has 0 spiro atoms. The highest BCUT2D eigenvalue weighted by atomic mass is 14.9. The largest absolute Gasteiger partial charge is 0.324 e. The van der Waals surface area contributed by atoms with Crippen molar-refractivity contribution in [2.45, 2.75) is 43.6 Å². The quantitative estimate of drug-likeness (QED) is 0.756. The van der Waals surface area contributed by atoms with Crippen LogP contribution in [0.25, 0.3) is 0 Å². The van der Waals surface area contributed by atoms with Crippen molar-refractivity contribution in [1.29, 1.82) is 0 Å². The van der Waals surface area contributed by atoms with Gasteiger partial charge < -0.3 is 5.73 Å². The predicted octanol–water partition coefficient (Wildman–Crippen LogP) is 2.52. The molecule has 0 saturated heterocycles. The van der Waals surface area contributed by atoms with Crippen LogP contribution in [-0.4, -0.2) is 5.54 Å². The third-order valence-electron chi connectivity index (χ3n) is 4.15. The maximum atomic E-state index is 6.39. The van der Waals surface area contributed by atoms with Crippen molar-refractivity contribution in [3.63, 3.8) is 0 Å². The molecule has 0 bridgehead atoms. The van der Waals surface area contributed by atoms with Crippen LogP contribution in [-0.2, 0) is 5.41 Å². The monoisotopic (exact) mass is 187 g/mol. The molecule has 74 valence electrons. The van der Waals surface area contributed by atoms with E-state index in [-0.39, 0.29) is 5.54 Å². The molecule has 0 radical (unpaired) electrons. The number of aryl methyl sites for hydroxylation is 1. The van der Waals surface area contributed by atoms with E-state index in [1.54, 1.807) is 0 Å². The van der Waals surface area contributed by atoms with Gasteiger partial charge in [0, 0.05) is 11.0 Å². The first-order valence-corrected chi connectivity index (χ1v) is 5.53. The highest BCUT2D eigenvalue weighted by molar-refractivity contribution is 5.44. The summed E-state index contributed by atoms with van der Waals surface area (Å²) in [6.07, 6.45) is 5.05. The summed E-state index contributed by atoms with van der Waals surface area (Å²) < 4.78 is 0. The Morgan fingerprint density at radius 2 is 1.71 bits per heavy atom. The second-order valence-electron chi connectivity index (χ2n) is 5.05. The number of hydrogen-bond acceptors (Lipinski definition) is 1. The van der Waals surface area contributed by atoms with Gasteiger partial charge in [-0.05, 0) is 43.7 Å². The second kappa shape index (κ2) is 2.40. The van der Waals surface area contributed by atoms with Gasteiger partial charge in [-0.3, -0.25) is 0 Å². The van der Waals surface area contributed by atoms with E-state index in [1.165, 1.54) is 36.8 Å². The standard InChI is InChI=1S/C13H17N/c1-10-4-2-3-5-11(10)12(6-7-12)13(14)8-9-13/h2-5H,6-9,14H2,1H3. The molecule has 2 fully saturated rings. The Hall–Kier alpha value is -0.820. The van der Waals surface area contributed by atoms with Crippen LogP contribution >= 0.6 is 0 Å². The summed E-state index contributed by atoms with van der Waals surface area (Å²) >= 11 is 0. The molecule has 3 rings (SSSR count). The third kappa shape index (κ3) is 0.936. The minimum Gasteiger partial charge on any atom is -0.324 e. The number of nitrogens with two attached hydrogens (primary N) is 1. The molecule has 2 aliphatic rings. The lowest BCUT2D eigenvalue weighted by atomic mass is 9.84. The molecule has 0 aliphatic heterocycles. The normalized spacial score (nSPS) is 25.9.